The summed E-state index contributed by atoms with van der Waals surface area (Å²) in [6, 6.07) is 16.1. The van der Waals surface area contributed by atoms with Crippen molar-refractivity contribution in [3.63, 3.8) is 0 Å². The molecule has 0 fully saturated rings. The number of nitrogens with zero attached hydrogens (tertiary/aromatic N) is 1. The molecule has 4 rings (SSSR count). The molecule has 0 radical (unpaired) electrons. The van der Waals surface area contributed by atoms with Gasteiger partial charge >= 0.3 is 11.9 Å². The summed E-state index contributed by atoms with van der Waals surface area (Å²) < 4.78 is 10.0. The van der Waals surface area contributed by atoms with Gasteiger partial charge in [0.25, 0.3) is 0 Å². The average molecular weight is 440 g/mol. The van der Waals surface area contributed by atoms with E-state index in [-0.39, 0.29) is 26.9 Å². The maximum absolute atomic E-state index is 12.9. The second-order valence-corrected chi connectivity index (χ2v) is 7.29. The minimum Gasteiger partial charge on any atom is -0.465 e. The molecule has 0 aliphatic carbocycles. The van der Waals surface area contributed by atoms with Crippen molar-refractivity contribution >= 4 is 56.8 Å². The first kappa shape index (κ1) is 20.1. The van der Waals surface area contributed by atoms with Crippen LogP contribution in [0.2, 0.25) is 10.0 Å². The van der Waals surface area contributed by atoms with Gasteiger partial charge in [0.05, 0.1) is 41.0 Å². The third kappa shape index (κ3) is 3.16. The van der Waals surface area contributed by atoms with Crippen molar-refractivity contribution < 1.29 is 19.1 Å². The monoisotopic (exact) mass is 439 g/mol. The Morgan fingerprint density at radius 1 is 0.800 bits per heavy atom. The van der Waals surface area contributed by atoms with Gasteiger partial charge in [0.1, 0.15) is 5.56 Å². The van der Waals surface area contributed by atoms with Gasteiger partial charge in [-0.05, 0) is 29.0 Å². The van der Waals surface area contributed by atoms with Crippen LogP contribution >= 0.6 is 23.2 Å². The standard InChI is InChI=1S/C23H15Cl2NO4/c1-29-22(27)19-17-13-7-4-3-6-12(13)10-11-16(17)26-21(20(19)23(28)30-2)18-14(24)8-5-9-15(18)25/h3-11H,1-2H3. The Balaban J connectivity index is 2.28. The van der Waals surface area contributed by atoms with Crippen LogP contribution in [0.3, 0.4) is 0 Å². The first-order chi connectivity index (χ1) is 14.5. The zero-order chi connectivity index (χ0) is 21.4. The van der Waals surface area contributed by atoms with E-state index in [1.54, 1.807) is 24.3 Å². The van der Waals surface area contributed by atoms with E-state index in [0.29, 0.717) is 16.5 Å². The molecule has 7 heteroatoms. The summed E-state index contributed by atoms with van der Waals surface area (Å²) in [4.78, 5) is 30.5. The lowest BCUT2D eigenvalue weighted by Crippen LogP contribution is -2.16. The predicted molar refractivity (Wildman–Crippen MR) is 117 cm³/mol. The van der Waals surface area contributed by atoms with E-state index in [2.05, 4.69) is 4.98 Å². The van der Waals surface area contributed by atoms with E-state index < -0.39 is 11.9 Å². The highest BCUT2D eigenvalue weighted by Crippen LogP contribution is 2.40. The number of carbonyl (C=O) groups excluding carboxylic acids is 2. The number of fused-ring (bicyclic) bond motifs is 3. The summed E-state index contributed by atoms with van der Waals surface area (Å²) in [5.41, 5.74) is 0.982. The van der Waals surface area contributed by atoms with Gasteiger partial charge in [-0.25, -0.2) is 14.6 Å². The molecule has 0 saturated carbocycles. The van der Waals surface area contributed by atoms with E-state index >= 15 is 0 Å². The molecule has 5 nitrogen and oxygen atoms in total. The molecule has 0 aliphatic heterocycles. The highest BCUT2D eigenvalue weighted by molar-refractivity contribution is 6.39. The Bertz CT molecular complexity index is 1310. The molecule has 0 unspecified atom stereocenters. The molecule has 0 bridgehead atoms. The maximum Gasteiger partial charge on any atom is 0.341 e. The van der Waals surface area contributed by atoms with Crippen molar-refractivity contribution in [3.05, 3.63) is 75.8 Å². The third-order valence-electron chi connectivity index (χ3n) is 4.85. The van der Waals surface area contributed by atoms with Crippen LogP contribution in [0.1, 0.15) is 20.7 Å². The van der Waals surface area contributed by atoms with Crippen LogP contribution in [0, 0.1) is 0 Å². The number of rotatable bonds is 3. The second kappa shape index (κ2) is 7.94. The van der Waals surface area contributed by atoms with Crippen molar-refractivity contribution in [2.75, 3.05) is 14.2 Å². The molecule has 0 atom stereocenters. The Labute approximate surface area is 182 Å². The van der Waals surface area contributed by atoms with E-state index in [1.807, 2.05) is 30.3 Å². The van der Waals surface area contributed by atoms with Gasteiger partial charge in [-0.2, -0.15) is 0 Å². The SMILES string of the molecule is COC(=O)c1c(-c2c(Cl)cccc2Cl)nc2ccc3ccccc3c2c1C(=O)OC. The summed E-state index contributed by atoms with van der Waals surface area (Å²) in [6.07, 6.45) is 0. The fourth-order valence-corrected chi connectivity index (χ4v) is 4.12. The normalized spacial score (nSPS) is 10.9. The number of aromatic nitrogens is 1. The fourth-order valence-electron chi connectivity index (χ4n) is 3.55. The van der Waals surface area contributed by atoms with Gasteiger partial charge in [-0.3, -0.25) is 0 Å². The summed E-state index contributed by atoms with van der Waals surface area (Å²) in [6.45, 7) is 0. The lowest BCUT2D eigenvalue weighted by atomic mass is 9.93. The van der Waals surface area contributed by atoms with E-state index in [4.69, 9.17) is 32.7 Å². The molecule has 0 aliphatic rings. The highest BCUT2D eigenvalue weighted by atomic mass is 35.5. The fraction of sp³-hybridized carbons (Fsp3) is 0.0870. The molecule has 1 aromatic heterocycles. The molecule has 4 aromatic rings. The smallest absolute Gasteiger partial charge is 0.341 e. The van der Waals surface area contributed by atoms with Gasteiger partial charge in [0, 0.05) is 10.9 Å². The number of methoxy groups -OCH3 is 2. The number of benzene rings is 3. The minimum absolute atomic E-state index is 0.0526. The second-order valence-electron chi connectivity index (χ2n) is 6.47. The Hall–Kier alpha value is -3.15. The summed E-state index contributed by atoms with van der Waals surface area (Å²) >= 11 is 12.8. The van der Waals surface area contributed by atoms with E-state index in [9.17, 15) is 9.59 Å². The molecule has 30 heavy (non-hydrogen) atoms. The van der Waals surface area contributed by atoms with E-state index in [1.165, 1.54) is 14.2 Å². The van der Waals surface area contributed by atoms with Gasteiger partial charge in [-0.1, -0.05) is 59.6 Å². The van der Waals surface area contributed by atoms with Crippen molar-refractivity contribution in [1.29, 1.82) is 0 Å². The summed E-state index contributed by atoms with van der Waals surface area (Å²) in [5.74, 6) is -1.44. The first-order valence-electron chi connectivity index (χ1n) is 8.94. The van der Waals surface area contributed by atoms with Crippen LogP contribution in [0.4, 0.5) is 0 Å². The summed E-state index contributed by atoms with van der Waals surface area (Å²) in [7, 11) is 2.48. The third-order valence-corrected chi connectivity index (χ3v) is 5.48. The summed E-state index contributed by atoms with van der Waals surface area (Å²) in [5, 5.41) is 2.71. The molecule has 0 saturated heterocycles. The van der Waals surface area contributed by atoms with Crippen LogP contribution in [-0.4, -0.2) is 31.1 Å². The Morgan fingerprint density at radius 2 is 1.43 bits per heavy atom. The van der Waals surface area contributed by atoms with Crippen molar-refractivity contribution in [2.45, 2.75) is 0 Å². The largest absolute Gasteiger partial charge is 0.465 e. The number of carbonyl (C=O) groups is 2. The zero-order valence-corrected chi connectivity index (χ0v) is 17.5. The van der Waals surface area contributed by atoms with Crippen molar-refractivity contribution in [1.82, 2.24) is 4.98 Å². The highest BCUT2D eigenvalue weighted by Gasteiger charge is 2.30. The molecular formula is C23H15Cl2NO4. The topological polar surface area (TPSA) is 65.5 Å². The van der Waals surface area contributed by atoms with Crippen LogP contribution in [0.25, 0.3) is 32.9 Å². The predicted octanol–water partition coefficient (Wildman–Crippen LogP) is 5.94. The quantitative estimate of drug-likeness (QED) is 0.292. The minimum atomic E-state index is -0.747. The number of hydrogen-bond acceptors (Lipinski definition) is 5. The molecule has 0 amide bonds. The van der Waals surface area contributed by atoms with Crippen molar-refractivity contribution in [2.24, 2.45) is 0 Å². The van der Waals surface area contributed by atoms with Gasteiger partial charge in [0.15, 0.2) is 0 Å². The molecule has 1 heterocycles. The van der Waals surface area contributed by atoms with Crippen molar-refractivity contribution in [3.8, 4) is 11.3 Å². The van der Waals surface area contributed by atoms with Crippen LogP contribution in [0.15, 0.2) is 54.6 Å². The number of esters is 2. The average Bonchev–Trinajstić information content (AvgIpc) is 2.76. The number of pyridine rings is 1. The number of hydrogen-bond donors (Lipinski definition) is 0. The zero-order valence-electron chi connectivity index (χ0n) is 16.0. The molecule has 3 aromatic carbocycles. The van der Waals surface area contributed by atoms with Crippen LogP contribution < -0.4 is 0 Å². The van der Waals surface area contributed by atoms with Crippen LogP contribution in [-0.2, 0) is 9.47 Å². The lowest BCUT2D eigenvalue weighted by Gasteiger charge is -2.17. The molecule has 0 spiro atoms. The van der Waals surface area contributed by atoms with Gasteiger partial charge in [0.2, 0.25) is 0 Å². The molecule has 0 N–H and O–H groups in total. The van der Waals surface area contributed by atoms with Gasteiger partial charge in [-0.15, -0.1) is 0 Å². The number of halogens is 2. The van der Waals surface area contributed by atoms with E-state index in [0.717, 1.165) is 10.8 Å². The Morgan fingerprint density at radius 3 is 2.10 bits per heavy atom. The van der Waals surface area contributed by atoms with Crippen LogP contribution in [0.5, 0.6) is 0 Å². The molecule has 150 valence electrons. The first-order valence-corrected chi connectivity index (χ1v) is 9.70. The maximum atomic E-state index is 12.9. The molecular weight excluding hydrogens is 425 g/mol. The van der Waals surface area contributed by atoms with Gasteiger partial charge < -0.3 is 9.47 Å². The number of ether oxygens (including phenoxy) is 2. The lowest BCUT2D eigenvalue weighted by molar-refractivity contribution is 0.0557. The Kier molecular flexibility index (Phi) is 5.33.